The van der Waals surface area contributed by atoms with E-state index in [9.17, 15) is 0 Å². The van der Waals surface area contributed by atoms with Crippen molar-refractivity contribution in [3.05, 3.63) is 0 Å². The third kappa shape index (κ3) is 3.44. The predicted octanol–water partition coefficient (Wildman–Crippen LogP) is 0.766. The molecule has 0 aromatic rings. The van der Waals surface area contributed by atoms with Crippen LogP contribution in [-0.4, -0.2) is 62.2 Å². The van der Waals surface area contributed by atoms with Crippen LogP contribution in [-0.2, 0) is 0 Å². The zero-order valence-electron chi connectivity index (χ0n) is 10.0. The van der Waals surface area contributed by atoms with Crippen LogP contribution in [0.15, 0.2) is 0 Å². The molecule has 2 rings (SSSR count). The van der Waals surface area contributed by atoms with E-state index < -0.39 is 0 Å². The molecule has 15 heavy (non-hydrogen) atoms. The Morgan fingerprint density at radius 2 is 1.87 bits per heavy atom. The number of rotatable bonds is 1. The fraction of sp³-hybridized carbons (Fsp3) is 1.00. The molecule has 1 N–H and O–H groups in total. The van der Waals surface area contributed by atoms with Gasteiger partial charge >= 0.3 is 0 Å². The number of hydrogen-bond donors (Lipinski definition) is 1. The van der Waals surface area contributed by atoms with E-state index in [1.165, 1.54) is 65.0 Å². The number of nitrogens with zero attached hydrogens (tertiary/aromatic N) is 2. The highest BCUT2D eigenvalue weighted by atomic mass is 15.2. The molecule has 0 saturated carbocycles. The first-order valence-electron chi connectivity index (χ1n) is 6.49. The lowest BCUT2D eigenvalue weighted by Gasteiger charge is -2.29. The van der Waals surface area contributed by atoms with Gasteiger partial charge < -0.3 is 10.2 Å². The van der Waals surface area contributed by atoms with E-state index in [1.807, 2.05) is 0 Å². The smallest absolute Gasteiger partial charge is 0.0110 e. The molecule has 0 bridgehead atoms. The largest absolute Gasteiger partial charge is 0.315 e. The Bertz CT molecular complexity index is 176. The van der Waals surface area contributed by atoms with Crippen molar-refractivity contribution in [1.29, 1.82) is 0 Å². The van der Waals surface area contributed by atoms with Crippen LogP contribution >= 0.6 is 0 Å². The van der Waals surface area contributed by atoms with Crippen molar-refractivity contribution in [2.45, 2.75) is 31.7 Å². The Balaban J connectivity index is 1.84. The van der Waals surface area contributed by atoms with E-state index in [0.29, 0.717) is 0 Å². The molecule has 0 aromatic carbocycles. The Morgan fingerprint density at radius 3 is 2.80 bits per heavy atom. The summed E-state index contributed by atoms with van der Waals surface area (Å²) in [5.41, 5.74) is 0. The normalized spacial score (nSPS) is 32.2. The molecule has 2 fully saturated rings. The fourth-order valence-corrected chi connectivity index (χ4v) is 2.82. The minimum atomic E-state index is 0.856. The van der Waals surface area contributed by atoms with Gasteiger partial charge in [0.15, 0.2) is 0 Å². The Labute approximate surface area is 93.8 Å². The molecule has 3 heteroatoms. The highest BCUT2D eigenvalue weighted by Crippen LogP contribution is 2.16. The molecular formula is C12H25N3. The summed E-state index contributed by atoms with van der Waals surface area (Å²) in [5.74, 6) is 0. The van der Waals surface area contributed by atoms with Gasteiger partial charge in [-0.15, -0.1) is 0 Å². The molecule has 88 valence electrons. The van der Waals surface area contributed by atoms with Crippen molar-refractivity contribution >= 4 is 0 Å². The first kappa shape index (κ1) is 11.4. The summed E-state index contributed by atoms with van der Waals surface area (Å²) in [5, 5.41) is 3.49. The van der Waals surface area contributed by atoms with Gasteiger partial charge in [0.2, 0.25) is 0 Å². The standard InChI is InChI=1S/C12H25N3/c1-14-8-2-4-12(5-10-14)15-9-3-6-13-7-11-15/h12-13H,2-11H2,1H3. The maximum absolute atomic E-state index is 3.49. The van der Waals surface area contributed by atoms with Gasteiger partial charge in [-0.1, -0.05) is 0 Å². The van der Waals surface area contributed by atoms with Gasteiger partial charge in [-0.25, -0.2) is 0 Å². The molecule has 2 aliphatic heterocycles. The van der Waals surface area contributed by atoms with E-state index in [2.05, 4.69) is 22.2 Å². The summed E-state index contributed by atoms with van der Waals surface area (Å²) in [4.78, 5) is 5.20. The van der Waals surface area contributed by atoms with Crippen molar-refractivity contribution in [2.75, 3.05) is 46.3 Å². The first-order valence-corrected chi connectivity index (χ1v) is 6.49. The summed E-state index contributed by atoms with van der Waals surface area (Å²) in [6.07, 6.45) is 5.48. The molecule has 0 amide bonds. The molecule has 1 unspecified atom stereocenters. The van der Waals surface area contributed by atoms with Gasteiger partial charge in [-0.2, -0.15) is 0 Å². The minimum Gasteiger partial charge on any atom is -0.315 e. The second-order valence-corrected chi connectivity index (χ2v) is 5.03. The van der Waals surface area contributed by atoms with Gasteiger partial charge in [0.05, 0.1) is 0 Å². The lowest BCUT2D eigenvalue weighted by molar-refractivity contribution is 0.190. The number of nitrogens with one attached hydrogen (secondary N) is 1. The number of hydrogen-bond acceptors (Lipinski definition) is 3. The minimum absolute atomic E-state index is 0.856. The second kappa shape index (κ2) is 5.83. The topological polar surface area (TPSA) is 18.5 Å². The third-order valence-corrected chi connectivity index (χ3v) is 3.81. The van der Waals surface area contributed by atoms with Crippen LogP contribution in [0.1, 0.15) is 25.7 Å². The van der Waals surface area contributed by atoms with E-state index in [-0.39, 0.29) is 0 Å². The van der Waals surface area contributed by atoms with Gasteiger partial charge in [0.1, 0.15) is 0 Å². The molecule has 1 atom stereocenters. The van der Waals surface area contributed by atoms with Crippen molar-refractivity contribution in [1.82, 2.24) is 15.1 Å². The van der Waals surface area contributed by atoms with Crippen LogP contribution in [0, 0.1) is 0 Å². The van der Waals surface area contributed by atoms with Crippen molar-refractivity contribution in [3.8, 4) is 0 Å². The van der Waals surface area contributed by atoms with Crippen LogP contribution in [0.3, 0.4) is 0 Å². The lowest BCUT2D eigenvalue weighted by Crippen LogP contribution is -2.38. The lowest BCUT2D eigenvalue weighted by atomic mass is 10.1. The number of likely N-dealkylation sites (tertiary alicyclic amines) is 1. The van der Waals surface area contributed by atoms with Gasteiger partial charge in [0.25, 0.3) is 0 Å². The van der Waals surface area contributed by atoms with Gasteiger partial charge in [-0.05, 0) is 58.9 Å². The van der Waals surface area contributed by atoms with Gasteiger partial charge in [-0.3, -0.25) is 4.90 Å². The highest BCUT2D eigenvalue weighted by Gasteiger charge is 2.21. The summed E-state index contributed by atoms with van der Waals surface area (Å²) in [6, 6.07) is 0.856. The summed E-state index contributed by atoms with van der Waals surface area (Å²) < 4.78 is 0. The Hall–Kier alpha value is -0.120. The van der Waals surface area contributed by atoms with E-state index in [1.54, 1.807) is 0 Å². The van der Waals surface area contributed by atoms with Crippen LogP contribution in [0.2, 0.25) is 0 Å². The van der Waals surface area contributed by atoms with Crippen molar-refractivity contribution in [2.24, 2.45) is 0 Å². The molecule has 2 aliphatic rings. The zero-order chi connectivity index (χ0) is 10.5. The SMILES string of the molecule is CN1CCCC(N2CCCNCC2)CC1. The summed E-state index contributed by atoms with van der Waals surface area (Å²) in [7, 11) is 2.26. The summed E-state index contributed by atoms with van der Waals surface area (Å²) in [6.45, 7) is 7.54. The first-order chi connectivity index (χ1) is 7.36. The van der Waals surface area contributed by atoms with E-state index >= 15 is 0 Å². The molecule has 2 heterocycles. The molecule has 0 aromatic heterocycles. The quantitative estimate of drug-likeness (QED) is 0.691. The second-order valence-electron chi connectivity index (χ2n) is 5.03. The maximum Gasteiger partial charge on any atom is 0.0110 e. The predicted molar refractivity (Wildman–Crippen MR) is 64.2 cm³/mol. The highest BCUT2D eigenvalue weighted by molar-refractivity contribution is 4.78. The van der Waals surface area contributed by atoms with Crippen LogP contribution < -0.4 is 5.32 Å². The van der Waals surface area contributed by atoms with E-state index in [4.69, 9.17) is 0 Å². The van der Waals surface area contributed by atoms with Crippen LogP contribution in [0.25, 0.3) is 0 Å². The fourth-order valence-electron chi connectivity index (χ4n) is 2.82. The van der Waals surface area contributed by atoms with E-state index in [0.717, 1.165) is 6.04 Å². The monoisotopic (exact) mass is 211 g/mol. The molecular weight excluding hydrogens is 186 g/mol. The molecule has 2 saturated heterocycles. The Morgan fingerprint density at radius 1 is 0.933 bits per heavy atom. The third-order valence-electron chi connectivity index (χ3n) is 3.81. The van der Waals surface area contributed by atoms with Crippen LogP contribution in [0.5, 0.6) is 0 Å². The molecule has 0 radical (unpaired) electrons. The molecule has 0 aliphatic carbocycles. The average Bonchev–Trinajstić information content (AvgIpc) is 2.59. The van der Waals surface area contributed by atoms with Crippen molar-refractivity contribution < 1.29 is 0 Å². The van der Waals surface area contributed by atoms with Crippen LogP contribution in [0.4, 0.5) is 0 Å². The zero-order valence-corrected chi connectivity index (χ0v) is 10.0. The van der Waals surface area contributed by atoms with Crippen molar-refractivity contribution in [3.63, 3.8) is 0 Å². The average molecular weight is 211 g/mol. The molecule has 3 nitrogen and oxygen atoms in total. The molecule has 0 spiro atoms. The summed E-state index contributed by atoms with van der Waals surface area (Å²) >= 11 is 0. The maximum atomic E-state index is 3.49. The Kier molecular flexibility index (Phi) is 4.42. The van der Waals surface area contributed by atoms with Gasteiger partial charge in [0, 0.05) is 19.1 Å².